The molecule has 0 spiro atoms. The first-order valence-electron chi connectivity index (χ1n) is 5.24. The highest BCUT2D eigenvalue weighted by Crippen LogP contribution is 2.12. The number of carbonyl (C=O) groups excluding carboxylic acids is 1. The van der Waals surface area contributed by atoms with Gasteiger partial charge in [0.05, 0.1) is 12.4 Å². The van der Waals surface area contributed by atoms with E-state index in [1.807, 2.05) is 13.8 Å². The van der Waals surface area contributed by atoms with Gasteiger partial charge in [0.2, 0.25) is 0 Å². The van der Waals surface area contributed by atoms with E-state index in [1.54, 1.807) is 0 Å². The molecule has 0 fully saturated rings. The van der Waals surface area contributed by atoms with Gasteiger partial charge < -0.3 is 5.32 Å². The van der Waals surface area contributed by atoms with E-state index in [9.17, 15) is 4.79 Å². The number of carbonyl (C=O) groups is 1. The van der Waals surface area contributed by atoms with Crippen molar-refractivity contribution in [1.82, 2.24) is 15.3 Å². The second-order valence-corrected chi connectivity index (χ2v) is 4.70. The number of hydrogen-bond acceptors (Lipinski definition) is 3. The predicted octanol–water partition coefficient (Wildman–Crippen LogP) is 2.44. The standard InChI is InChI=1S/C11H16ClN3O/c1-4-5-11(2,3)15-10(16)8-6-13-7-9(12)14-8/h6-7H,4-5H2,1-3H3,(H,15,16). The first kappa shape index (κ1) is 12.9. The molecule has 0 aliphatic carbocycles. The molecule has 0 saturated heterocycles. The minimum Gasteiger partial charge on any atom is -0.346 e. The number of hydrogen-bond donors (Lipinski definition) is 1. The maximum atomic E-state index is 11.8. The van der Waals surface area contributed by atoms with E-state index in [2.05, 4.69) is 22.2 Å². The number of rotatable bonds is 4. The van der Waals surface area contributed by atoms with Crippen molar-refractivity contribution in [2.24, 2.45) is 0 Å². The van der Waals surface area contributed by atoms with Gasteiger partial charge in [0.15, 0.2) is 0 Å². The summed E-state index contributed by atoms with van der Waals surface area (Å²) >= 11 is 5.67. The molecular weight excluding hydrogens is 226 g/mol. The summed E-state index contributed by atoms with van der Waals surface area (Å²) < 4.78 is 0. The summed E-state index contributed by atoms with van der Waals surface area (Å²) in [6, 6.07) is 0. The van der Waals surface area contributed by atoms with Crippen LogP contribution in [0.25, 0.3) is 0 Å². The van der Waals surface area contributed by atoms with Crippen LogP contribution in [-0.4, -0.2) is 21.4 Å². The molecule has 0 aromatic carbocycles. The summed E-state index contributed by atoms with van der Waals surface area (Å²) in [5.41, 5.74) is 0.00668. The first-order valence-corrected chi connectivity index (χ1v) is 5.62. The van der Waals surface area contributed by atoms with E-state index in [0.717, 1.165) is 12.8 Å². The smallest absolute Gasteiger partial charge is 0.271 e. The molecule has 1 heterocycles. The normalized spacial score (nSPS) is 11.2. The molecular formula is C11H16ClN3O. The van der Waals surface area contributed by atoms with Gasteiger partial charge in [-0.05, 0) is 20.3 Å². The van der Waals surface area contributed by atoms with Crippen molar-refractivity contribution in [1.29, 1.82) is 0 Å². The fraction of sp³-hybridized carbons (Fsp3) is 0.545. The molecule has 0 aliphatic heterocycles. The van der Waals surface area contributed by atoms with Crippen LogP contribution in [0, 0.1) is 0 Å². The van der Waals surface area contributed by atoms with Crippen LogP contribution >= 0.6 is 11.6 Å². The highest BCUT2D eigenvalue weighted by molar-refractivity contribution is 6.29. The minimum atomic E-state index is -0.242. The monoisotopic (exact) mass is 241 g/mol. The molecule has 0 bridgehead atoms. The van der Waals surface area contributed by atoms with Crippen molar-refractivity contribution in [2.45, 2.75) is 39.2 Å². The van der Waals surface area contributed by atoms with Gasteiger partial charge in [-0.2, -0.15) is 0 Å². The molecule has 4 nitrogen and oxygen atoms in total. The predicted molar refractivity (Wildman–Crippen MR) is 63.5 cm³/mol. The number of nitrogens with one attached hydrogen (secondary N) is 1. The van der Waals surface area contributed by atoms with Crippen LogP contribution in [0.5, 0.6) is 0 Å². The largest absolute Gasteiger partial charge is 0.346 e. The van der Waals surface area contributed by atoms with Crippen LogP contribution in [-0.2, 0) is 0 Å². The number of amides is 1. The molecule has 1 aromatic heterocycles. The zero-order valence-corrected chi connectivity index (χ0v) is 10.5. The van der Waals surface area contributed by atoms with Gasteiger partial charge in [0.1, 0.15) is 10.8 Å². The minimum absolute atomic E-state index is 0.223. The van der Waals surface area contributed by atoms with Crippen LogP contribution < -0.4 is 5.32 Å². The second-order valence-electron chi connectivity index (χ2n) is 4.32. The van der Waals surface area contributed by atoms with E-state index < -0.39 is 0 Å². The number of aromatic nitrogens is 2. The highest BCUT2D eigenvalue weighted by Gasteiger charge is 2.20. The van der Waals surface area contributed by atoms with Crippen LogP contribution in [0.3, 0.4) is 0 Å². The molecule has 5 heteroatoms. The molecule has 1 N–H and O–H groups in total. The second kappa shape index (κ2) is 5.25. The average molecular weight is 242 g/mol. The Morgan fingerprint density at radius 3 is 2.75 bits per heavy atom. The Bertz CT molecular complexity index is 379. The van der Waals surface area contributed by atoms with Crippen molar-refractivity contribution >= 4 is 17.5 Å². The first-order chi connectivity index (χ1) is 7.44. The van der Waals surface area contributed by atoms with Crippen molar-refractivity contribution in [3.63, 3.8) is 0 Å². The fourth-order valence-electron chi connectivity index (χ4n) is 1.51. The van der Waals surface area contributed by atoms with Gasteiger partial charge in [-0.25, -0.2) is 4.98 Å². The molecule has 16 heavy (non-hydrogen) atoms. The number of nitrogens with zero attached hydrogens (tertiary/aromatic N) is 2. The van der Waals surface area contributed by atoms with Gasteiger partial charge in [-0.1, -0.05) is 24.9 Å². The van der Waals surface area contributed by atoms with Gasteiger partial charge in [0.25, 0.3) is 5.91 Å². The van der Waals surface area contributed by atoms with E-state index in [1.165, 1.54) is 12.4 Å². The quantitative estimate of drug-likeness (QED) is 0.881. The van der Waals surface area contributed by atoms with Crippen molar-refractivity contribution in [3.05, 3.63) is 23.2 Å². The van der Waals surface area contributed by atoms with E-state index in [4.69, 9.17) is 11.6 Å². The molecule has 0 aliphatic rings. The maximum absolute atomic E-state index is 11.8. The van der Waals surface area contributed by atoms with E-state index in [-0.39, 0.29) is 22.3 Å². The molecule has 0 atom stereocenters. The molecule has 88 valence electrons. The summed E-state index contributed by atoms with van der Waals surface area (Å²) in [5.74, 6) is -0.242. The lowest BCUT2D eigenvalue weighted by molar-refractivity contribution is 0.0903. The molecule has 0 radical (unpaired) electrons. The zero-order chi connectivity index (χ0) is 12.2. The summed E-state index contributed by atoms with van der Waals surface area (Å²) in [4.78, 5) is 19.5. The summed E-state index contributed by atoms with van der Waals surface area (Å²) in [5, 5.41) is 3.12. The van der Waals surface area contributed by atoms with Crippen molar-refractivity contribution in [3.8, 4) is 0 Å². The molecule has 0 saturated carbocycles. The molecule has 1 amide bonds. The van der Waals surface area contributed by atoms with Gasteiger partial charge >= 0.3 is 0 Å². The summed E-state index contributed by atoms with van der Waals surface area (Å²) in [7, 11) is 0. The average Bonchev–Trinajstić information content (AvgIpc) is 2.16. The number of halogens is 1. The molecule has 1 rings (SSSR count). The summed E-state index contributed by atoms with van der Waals surface area (Å²) in [6.45, 7) is 6.03. The van der Waals surface area contributed by atoms with Crippen LogP contribution in [0.4, 0.5) is 0 Å². The Kier molecular flexibility index (Phi) is 4.24. The topological polar surface area (TPSA) is 54.9 Å². The maximum Gasteiger partial charge on any atom is 0.271 e. The Labute approximate surface area is 100 Å². The Balaban J connectivity index is 2.72. The third-order valence-electron chi connectivity index (χ3n) is 2.16. The summed E-state index contributed by atoms with van der Waals surface area (Å²) in [6.07, 6.45) is 4.72. The Morgan fingerprint density at radius 2 is 2.19 bits per heavy atom. The fourth-order valence-corrected chi connectivity index (χ4v) is 1.66. The van der Waals surface area contributed by atoms with E-state index in [0.29, 0.717) is 0 Å². The lowest BCUT2D eigenvalue weighted by Gasteiger charge is -2.25. The van der Waals surface area contributed by atoms with Gasteiger partial charge in [-0.15, -0.1) is 0 Å². The van der Waals surface area contributed by atoms with Crippen LogP contribution in [0.2, 0.25) is 5.15 Å². The van der Waals surface area contributed by atoms with Gasteiger partial charge in [-0.3, -0.25) is 9.78 Å². The Morgan fingerprint density at radius 1 is 1.50 bits per heavy atom. The lowest BCUT2D eigenvalue weighted by atomic mass is 9.99. The SMILES string of the molecule is CCCC(C)(C)NC(=O)c1cncc(Cl)n1. The van der Waals surface area contributed by atoms with Crippen molar-refractivity contribution in [2.75, 3.05) is 0 Å². The third-order valence-corrected chi connectivity index (χ3v) is 2.35. The highest BCUT2D eigenvalue weighted by atomic mass is 35.5. The van der Waals surface area contributed by atoms with Crippen molar-refractivity contribution < 1.29 is 4.79 Å². The van der Waals surface area contributed by atoms with E-state index >= 15 is 0 Å². The van der Waals surface area contributed by atoms with Gasteiger partial charge in [0, 0.05) is 5.54 Å². The van der Waals surface area contributed by atoms with Crippen LogP contribution in [0.1, 0.15) is 44.1 Å². The lowest BCUT2D eigenvalue weighted by Crippen LogP contribution is -2.43. The molecule has 0 unspecified atom stereocenters. The Hall–Kier alpha value is -1.16. The third kappa shape index (κ3) is 3.77. The molecule has 1 aromatic rings. The zero-order valence-electron chi connectivity index (χ0n) is 9.75. The van der Waals surface area contributed by atoms with Crippen LogP contribution in [0.15, 0.2) is 12.4 Å².